The topological polar surface area (TPSA) is 68.0 Å². The molecule has 1 aromatic heterocycles. The predicted molar refractivity (Wildman–Crippen MR) is 48.9 cm³/mol. The first-order valence-electron chi connectivity index (χ1n) is 4.78. The van der Waals surface area contributed by atoms with E-state index in [0.717, 1.165) is 30.7 Å². The van der Waals surface area contributed by atoms with Crippen molar-refractivity contribution in [3.63, 3.8) is 0 Å². The molecule has 0 aliphatic heterocycles. The normalized spacial score (nSPS) is 20.5. The number of carbonyl (C=O) groups is 1. The van der Waals surface area contributed by atoms with E-state index in [4.69, 9.17) is 5.11 Å². The molecule has 1 heterocycles. The number of fused-ring (bicyclic) bond motifs is 1. The molecule has 0 aromatic carbocycles. The van der Waals surface area contributed by atoms with Crippen molar-refractivity contribution in [2.45, 2.75) is 31.6 Å². The number of rotatable bonds is 2. The minimum absolute atomic E-state index is 0.0601. The average Bonchev–Trinajstić information content (AvgIpc) is 2.45. The Hall–Kier alpha value is -1.39. The van der Waals surface area contributed by atoms with Crippen LogP contribution in [-0.2, 0) is 18.3 Å². The lowest BCUT2D eigenvalue weighted by molar-refractivity contribution is -0.137. The van der Waals surface area contributed by atoms with E-state index in [2.05, 4.69) is 10.2 Å². The molecule has 0 saturated heterocycles. The van der Waals surface area contributed by atoms with Gasteiger partial charge in [-0.3, -0.25) is 4.79 Å². The summed E-state index contributed by atoms with van der Waals surface area (Å²) in [5.74, 6) is -0.696. The van der Waals surface area contributed by atoms with Crippen LogP contribution in [0.1, 0.15) is 36.6 Å². The van der Waals surface area contributed by atoms with Crippen molar-refractivity contribution in [1.29, 1.82) is 0 Å². The molecule has 0 spiro atoms. The molecule has 0 amide bonds. The molecule has 1 unspecified atom stereocenters. The molecule has 14 heavy (non-hydrogen) atoms. The number of hydrogen-bond acceptors (Lipinski definition) is 3. The number of nitrogens with zero attached hydrogens (tertiary/aromatic N) is 3. The van der Waals surface area contributed by atoms with Crippen LogP contribution in [0.3, 0.4) is 0 Å². The Morgan fingerprint density at radius 1 is 1.64 bits per heavy atom. The largest absolute Gasteiger partial charge is 0.481 e. The third-order valence-electron chi connectivity index (χ3n) is 2.59. The summed E-state index contributed by atoms with van der Waals surface area (Å²) < 4.78 is 0. The van der Waals surface area contributed by atoms with Crippen molar-refractivity contribution in [1.82, 2.24) is 15.0 Å². The minimum atomic E-state index is -0.756. The van der Waals surface area contributed by atoms with Gasteiger partial charge in [0.25, 0.3) is 0 Å². The standard InChI is InChI=1S/C9H13N3O2/c1-12-10-7-4-2-3-6(5-8(13)14)9(7)11-12/h6H,2-5H2,1H3,(H,13,14). The fourth-order valence-corrected chi connectivity index (χ4v) is 2.02. The highest BCUT2D eigenvalue weighted by Crippen LogP contribution is 2.31. The third-order valence-corrected chi connectivity index (χ3v) is 2.59. The molecule has 5 heteroatoms. The van der Waals surface area contributed by atoms with Gasteiger partial charge in [-0.25, -0.2) is 0 Å². The first-order chi connectivity index (χ1) is 6.66. The monoisotopic (exact) mass is 195 g/mol. The Bertz CT molecular complexity index is 359. The van der Waals surface area contributed by atoms with E-state index in [9.17, 15) is 4.79 Å². The molecule has 1 aliphatic carbocycles. The summed E-state index contributed by atoms with van der Waals surface area (Å²) in [7, 11) is 1.77. The summed E-state index contributed by atoms with van der Waals surface area (Å²) >= 11 is 0. The summed E-state index contributed by atoms with van der Waals surface area (Å²) in [5.41, 5.74) is 1.87. The van der Waals surface area contributed by atoms with Crippen LogP contribution in [0.25, 0.3) is 0 Å². The molecule has 76 valence electrons. The molecule has 0 fully saturated rings. The Balaban J connectivity index is 2.25. The minimum Gasteiger partial charge on any atom is -0.481 e. The molecule has 2 rings (SSSR count). The van der Waals surface area contributed by atoms with Gasteiger partial charge in [0.2, 0.25) is 0 Å². The van der Waals surface area contributed by atoms with Crippen LogP contribution in [0.15, 0.2) is 0 Å². The van der Waals surface area contributed by atoms with Gasteiger partial charge in [-0.1, -0.05) is 0 Å². The SMILES string of the molecule is Cn1nc2c(n1)C(CC(=O)O)CCC2. The highest BCUT2D eigenvalue weighted by atomic mass is 16.4. The maximum atomic E-state index is 10.6. The van der Waals surface area contributed by atoms with Crippen LogP contribution in [0.4, 0.5) is 0 Å². The Morgan fingerprint density at radius 2 is 2.43 bits per heavy atom. The van der Waals surface area contributed by atoms with Gasteiger partial charge in [-0.05, 0) is 19.3 Å². The van der Waals surface area contributed by atoms with Crippen LogP contribution in [0.5, 0.6) is 0 Å². The smallest absolute Gasteiger partial charge is 0.304 e. The van der Waals surface area contributed by atoms with Gasteiger partial charge >= 0.3 is 5.97 Å². The van der Waals surface area contributed by atoms with Gasteiger partial charge in [0.05, 0.1) is 17.8 Å². The van der Waals surface area contributed by atoms with E-state index in [1.807, 2.05) is 0 Å². The number of aromatic nitrogens is 3. The highest BCUT2D eigenvalue weighted by molar-refractivity contribution is 5.68. The van der Waals surface area contributed by atoms with E-state index >= 15 is 0 Å². The maximum absolute atomic E-state index is 10.6. The van der Waals surface area contributed by atoms with Crippen LogP contribution in [-0.4, -0.2) is 26.1 Å². The van der Waals surface area contributed by atoms with Crippen molar-refractivity contribution in [2.24, 2.45) is 7.05 Å². The molecule has 0 radical (unpaired) electrons. The van der Waals surface area contributed by atoms with Gasteiger partial charge < -0.3 is 5.11 Å². The lowest BCUT2D eigenvalue weighted by Gasteiger charge is -2.17. The van der Waals surface area contributed by atoms with Crippen molar-refractivity contribution >= 4 is 5.97 Å². The predicted octanol–water partition coefficient (Wildman–Crippen LogP) is 0.710. The van der Waals surface area contributed by atoms with Crippen LogP contribution in [0.2, 0.25) is 0 Å². The average molecular weight is 195 g/mol. The molecule has 1 atom stereocenters. The number of aryl methyl sites for hydroxylation is 2. The molecule has 0 bridgehead atoms. The molecule has 1 aromatic rings. The van der Waals surface area contributed by atoms with E-state index in [1.165, 1.54) is 4.80 Å². The Morgan fingerprint density at radius 3 is 3.14 bits per heavy atom. The Kier molecular flexibility index (Phi) is 2.23. The molecule has 5 nitrogen and oxygen atoms in total. The summed E-state index contributed by atoms with van der Waals surface area (Å²) in [6.45, 7) is 0. The van der Waals surface area contributed by atoms with Crippen LogP contribution in [0, 0.1) is 0 Å². The lowest BCUT2D eigenvalue weighted by Crippen LogP contribution is -2.13. The van der Waals surface area contributed by atoms with Gasteiger partial charge in [0.1, 0.15) is 0 Å². The Labute approximate surface area is 81.7 Å². The zero-order valence-electron chi connectivity index (χ0n) is 8.10. The fourth-order valence-electron chi connectivity index (χ4n) is 2.02. The second-order valence-corrected chi connectivity index (χ2v) is 3.71. The zero-order valence-corrected chi connectivity index (χ0v) is 8.10. The van der Waals surface area contributed by atoms with E-state index in [0.29, 0.717) is 0 Å². The summed E-state index contributed by atoms with van der Waals surface area (Å²) in [6.07, 6.45) is 3.03. The van der Waals surface area contributed by atoms with Crippen molar-refractivity contribution in [2.75, 3.05) is 0 Å². The number of carboxylic acid groups (broad SMARTS) is 1. The molecule has 1 N–H and O–H groups in total. The van der Waals surface area contributed by atoms with E-state index in [1.54, 1.807) is 7.05 Å². The van der Waals surface area contributed by atoms with Crippen LogP contribution >= 0.6 is 0 Å². The first-order valence-corrected chi connectivity index (χ1v) is 4.78. The zero-order chi connectivity index (χ0) is 10.1. The lowest BCUT2D eigenvalue weighted by atomic mass is 9.88. The third kappa shape index (κ3) is 1.62. The maximum Gasteiger partial charge on any atom is 0.304 e. The number of aliphatic carboxylic acids is 1. The molecule has 1 aliphatic rings. The van der Waals surface area contributed by atoms with Gasteiger partial charge in [0, 0.05) is 13.0 Å². The number of hydrogen-bond donors (Lipinski definition) is 1. The molecule has 0 saturated carbocycles. The second-order valence-electron chi connectivity index (χ2n) is 3.71. The highest BCUT2D eigenvalue weighted by Gasteiger charge is 2.26. The quantitative estimate of drug-likeness (QED) is 0.754. The summed E-state index contributed by atoms with van der Waals surface area (Å²) in [5, 5.41) is 17.2. The van der Waals surface area contributed by atoms with E-state index in [-0.39, 0.29) is 12.3 Å². The fraction of sp³-hybridized carbons (Fsp3) is 0.667. The van der Waals surface area contributed by atoms with Gasteiger partial charge in [0.15, 0.2) is 0 Å². The van der Waals surface area contributed by atoms with Crippen molar-refractivity contribution in [3.05, 3.63) is 11.4 Å². The van der Waals surface area contributed by atoms with Crippen molar-refractivity contribution < 1.29 is 9.90 Å². The molecular formula is C9H13N3O2. The summed E-state index contributed by atoms with van der Waals surface area (Å²) in [6, 6.07) is 0. The van der Waals surface area contributed by atoms with Gasteiger partial charge in [-0.2, -0.15) is 15.0 Å². The molecular weight excluding hydrogens is 182 g/mol. The second kappa shape index (κ2) is 3.40. The van der Waals surface area contributed by atoms with Crippen LogP contribution < -0.4 is 0 Å². The van der Waals surface area contributed by atoms with Crippen molar-refractivity contribution in [3.8, 4) is 0 Å². The van der Waals surface area contributed by atoms with Gasteiger partial charge in [-0.15, -0.1) is 0 Å². The van der Waals surface area contributed by atoms with E-state index < -0.39 is 5.97 Å². The first kappa shape index (κ1) is 9.18. The summed E-state index contributed by atoms with van der Waals surface area (Å²) in [4.78, 5) is 12.2. The number of carboxylic acids is 1.